The van der Waals surface area contributed by atoms with Crippen molar-refractivity contribution in [2.24, 2.45) is 0 Å². The average molecular weight is 228 g/mol. The van der Waals surface area contributed by atoms with Crippen LogP contribution in [-0.4, -0.2) is 21.3 Å². The molecule has 4 heteroatoms. The van der Waals surface area contributed by atoms with Crippen LogP contribution in [0, 0.1) is 0 Å². The maximum absolute atomic E-state index is 4.32. The van der Waals surface area contributed by atoms with Crippen molar-refractivity contribution in [3.8, 4) is 0 Å². The number of aromatic nitrogens is 3. The van der Waals surface area contributed by atoms with E-state index in [0.717, 1.165) is 31.2 Å². The van der Waals surface area contributed by atoms with Crippen LogP contribution < -0.4 is 5.32 Å². The highest BCUT2D eigenvalue weighted by Crippen LogP contribution is 2.17. The fourth-order valence-electron chi connectivity index (χ4n) is 2.31. The highest BCUT2D eigenvalue weighted by atomic mass is 15.3. The molecular formula is C13H16N4. The first kappa shape index (κ1) is 10.5. The average Bonchev–Trinajstić information content (AvgIpc) is 2.76. The molecule has 17 heavy (non-hydrogen) atoms. The molecule has 0 fully saturated rings. The second-order valence-electron chi connectivity index (χ2n) is 4.46. The second kappa shape index (κ2) is 4.30. The lowest BCUT2D eigenvalue weighted by atomic mass is 10.1. The van der Waals surface area contributed by atoms with Crippen molar-refractivity contribution in [3.05, 3.63) is 47.5 Å². The molecule has 2 aromatic rings. The fourth-order valence-corrected chi connectivity index (χ4v) is 2.31. The van der Waals surface area contributed by atoms with Crippen LogP contribution in [0.15, 0.2) is 30.3 Å². The van der Waals surface area contributed by atoms with E-state index in [9.17, 15) is 0 Å². The Morgan fingerprint density at radius 1 is 1.29 bits per heavy atom. The van der Waals surface area contributed by atoms with Gasteiger partial charge in [0.1, 0.15) is 11.6 Å². The maximum atomic E-state index is 4.32. The van der Waals surface area contributed by atoms with Gasteiger partial charge >= 0.3 is 0 Å². The van der Waals surface area contributed by atoms with Gasteiger partial charge in [0.05, 0.1) is 6.04 Å². The van der Waals surface area contributed by atoms with Crippen molar-refractivity contribution in [2.75, 3.05) is 6.54 Å². The summed E-state index contributed by atoms with van der Waals surface area (Å²) in [5, 5.41) is 12.0. The van der Waals surface area contributed by atoms with E-state index in [2.05, 4.69) is 51.3 Å². The van der Waals surface area contributed by atoms with Gasteiger partial charge in [0.15, 0.2) is 0 Å². The normalized spacial score (nSPS) is 19.0. The summed E-state index contributed by atoms with van der Waals surface area (Å²) >= 11 is 0. The first-order valence-corrected chi connectivity index (χ1v) is 6.04. The van der Waals surface area contributed by atoms with E-state index in [1.807, 2.05) is 6.07 Å². The molecule has 3 rings (SSSR count). The number of nitrogens with zero attached hydrogens (tertiary/aromatic N) is 3. The molecule has 1 unspecified atom stereocenters. The molecule has 1 aromatic heterocycles. The van der Waals surface area contributed by atoms with Crippen LogP contribution in [0.1, 0.15) is 30.2 Å². The third kappa shape index (κ3) is 1.96. The molecule has 1 N–H and O–H groups in total. The van der Waals surface area contributed by atoms with Crippen LogP contribution >= 0.6 is 0 Å². The first-order chi connectivity index (χ1) is 8.34. The Morgan fingerprint density at radius 2 is 2.12 bits per heavy atom. The van der Waals surface area contributed by atoms with Crippen molar-refractivity contribution < 1.29 is 0 Å². The second-order valence-corrected chi connectivity index (χ2v) is 4.46. The van der Waals surface area contributed by atoms with Gasteiger partial charge in [0, 0.05) is 19.5 Å². The third-order valence-corrected chi connectivity index (χ3v) is 3.23. The lowest BCUT2D eigenvalue weighted by Crippen LogP contribution is -2.32. The molecule has 0 saturated carbocycles. The monoisotopic (exact) mass is 228 g/mol. The molecule has 1 aliphatic rings. The molecule has 0 aliphatic carbocycles. The summed E-state index contributed by atoms with van der Waals surface area (Å²) in [6, 6.07) is 10.7. The van der Waals surface area contributed by atoms with Crippen molar-refractivity contribution in [2.45, 2.75) is 25.9 Å². The van der Waals surface area contributed by atoms with Crippen molar-refractivity contribution >= 4 is 0 Å². The number of rotatable bonds is 2. The Morgan fingerprint density at radius 3 is 2.94 bits per heavy atom. The van der Waals surface area contributed by atoms with Gasteiger partial charge in [-0.2, -0.15) is 0 Å². The molecule has 1 aliphatic heterocycles. The largest absolute Gasteiger partial charge is 0.312 e. The summed E-state index contributed by atoms with van der Waals surface area (Å²) in [7, 11) is 0. The zero-order valence-electron chi connectivity index (χ0n) is 9.93. The maximum Gasteiger partial charge on any atom is 0.149 e. The van der Waals surface area contributed by atoms with Crippen molar-refractivity contribution in [1.82, 2.24) is 20.1 Å². The van der Waals surface area contributed by atoms with Crippen LogP contribution in [0.3, 0.4) is 0 Å². The SMILES string of the molecule is CC1NCCn2c(Cc3ccccc3)nnc21. The molecule has 1 atom stereocenters. The summed E-state index contributed by atoms with van der Waals surface area (Å²) in [6.45, 7) is 4.09. The van der Waals surface area contributed by atoms with Crippen molar-refractivity contribution in [3.63, 3.8) is 0 Å². The smallest absolute Gasteiger partial charge is 0.149 e. The highest BCUT2D eigenvalue weighted by Gasteiger charge is 2.20. The first-order valence-electron chi connectivity index (χ1n) is 6.04. The van der Waals surface area contributed by atoms with Crippen LogP contribution in [0.2, 0.25) is 0 Å². The third-order valence-electron chi connectivity index (χ3n) is 3.23. The van der Waals surface area contributed by atoms with E-state index in [-0.39, 0.29) is 0 Å². The van der Waals surface area contributed by atoms with E-state index in [0.29, 0.717) is 6.04 Å². The van der Waals surface area contributed by atoms with Gasteiger partial charge in [0.25, 0.3) is 0 Å². The summed E-state index contributed by atoms with van der Waals surface area (Å²) in [5.74, 6) is 2.13. The van der Waals surface area contributed by atoms with Crippen molar-refractivity contribution in [1.29, 1.82) is 0 Å². The van der Waals surface area contributed by atoms with Gasteiger partial charge in [-0.05, 0) is 12.5 Å². The minimum atomic E-state index is 0.306. The molecule has 0 bridgehead atoms. The fraction of sp³-hybridized carbons (Fsp3) is 0.385. The topological polar surface area (TPSA) is 42.7 Å². The van der Waals surface area contributed by atoms with Crippen LogP contribution in [0.25, 0.3) is 0 Å². The Balaban J connectivity index is 1.90. The minimum absolute atomic E-state index is 0.306. The zero-order chi connectivity index (χ0) is 11.7. The summed E-state index contributed by atoms with van der Waals surface area (Å²) in [4.78, 5) is 0. The molecule has 2 heterocycles. The number of fused-ring (bicyclic) bond motifs is 1. The molecule has 1 aromatic carbocycles. The lowest BCUT2D eigenvalue weighted by molar-refractivity contribution is 0.431. The van der Waals surface area contributed by atoms with Gasteiger partial charge in [-0.15, -0.1) is 10.2 Å². The molecule has 0 radical (unpaired) electrons. The Labute approximate surface area is 101 Å². The number of benzene rings is 1. The molecule has 0 saturated heterocycles. The van der Waals surface area contributed by atoms with Crippen LogP contribution in [0.4, 0.5) is 0 Å². The van der Waals surface area contributed by atoms with Gasteiger partial charge < -0.3 is 9.88 Å². The number of hydrogen-bond acceptors (Lipinski definition) is 3. The number of hydrogen-bond donors (Lipinski definition) is 1. The van der Waals surface area contributed by atoms with Gasteiger partial charge in [0.2, 0.25) is 0 Å². The summed E-state index contributed by atoms with van der Waals surface area (Å²) in [6.07, 6.45) is 0.862. The van der Waals surface area contributed by atoms with Gasteiger partial charge in [-0.3, -0.25) is 0 Å². The molecule has 0 spiro atoms. The molecular weight excluding hydrogens is 212 g/mol. The Kier molecular flexibility index (Phi) is 2.65. The number of nitrogens with one attached hydrogen (secondary N) is 1. The zero-order valence-corrected chi connectivity index (χ0v) is 9.93. The molecule has 88 valence electrons. The standard InChI is InChI=1S/C13H16N4/c1-10-13-16-15-12(17(13)8-7-14-10)9-11-5-3-2-4-6-11/h2-6,10,14H,7-9H2,1H3. The van der Waals surface area contributed by atoms with Gasteiger partial charge in [-0.1, -0.05) is 30.3 Å². The predicted molar refractivity (Wildman–Crippen MR) is 65.7 cm³/mol. The predicted octanol–water partition coefficient (Wildman–Crippen LogP) is 1.53. The quantitative estimate of drug-likeness (QED) is 0.847. The lowest BCUT2D eigenvalue weighted by Gasteiger charge is -2.21. The summed E-state index contributed by atoms with van der Waals surface area (Å²) < 4.78 is 2.24. The van der Waals surface area contributed by atoms with E-state index in [1.54, 1.807) is 0 Å². The Hall–Kier alpha value is -1.68. The van der Waals surface area contributed by atoms with E-state index >= 15 is 0 Å². The molecule has 4 nitrogen and oxygen atoms in total. The van der Waals surface area contributed by atoms with Crippen LogP contribution in [0.5, 0.6) is 0 Å². The van der Waals surface area contributed by atoms with E-state index < -0.39 is 0 Å². The summed E-state index contributed by atoms with van der Waals surface area (Å²) in [5.41, 5.74) is 1.29. The minimum Gasteiger partial charge on any atom is -0.312 e. The molecule has 0 amide bonds. The van der Waals surface area contributed by atoms with E-state index in [4.69, 9.17) is 0 Å². The van der Waals surface area contributed by atoms with E-state index in [1.165, 1.54) is 5.56 Å². The highest BCUT2D eigenvalue weighted by molar-refractivity contribution is 5.19. The van der Waals surface area contributed by atoms with Crippen LogP contribution in [-0.2, 0) is 13.0 Å². The Bertz CT molecular complexity index is 503. The van der Waals surface area contributed by atoms with Gasteiger partial charge in [-0.25, -0.2) is 0 Å².